The van der Waals surface area contributed by atoms with Crippen molar-refractivity contribution in [2.75, 3.05) is 6.61 Å². The zero-order valence-corrected chi connectivity index (χ0v) is 12.5. The molecular weight excluding hydrogens is 278 g/mol. The predicted octanol–water partition coefficient (Wildman–Crippen LogP) is 3.78. The van der Waals surface area contributed by atoms with E-state index in [1.807, 2.05) is 36.6 Å². The third kappa shape index (κ3) is 4.05. The van der Waals surface area contributed by atoms with Crippen LogP contribution in [0, 0.1) is 0 Å². The Labute approximate surface area is 123 Å². The summed E-state index contributed by atoms with van der Waals surface area (Å²) in [6.45, 7) is 3.77. The Kier molecular flexibility index (Phi) is 5.40. The fourth-order valence-electron chi connectivity index (χ4n) is 1.92. The van der Waals surface area contributed by atoms with Gasteiger partial charge in [-0.05, 0) is 23.9 Å². The second-order valence-corrected chi connectivity index (χ2v) is 6.02. The molecule has 0 fully saturated rings. The summed E-state index contributed by atoms with van der Waals surface area (Å²) >= 11 is 7.82. The van der Waals surface area contributed by atoms with Gasteiger partial charge in [0, 0.05) is 24.0 Å². The smallest absolute Gasteiger partial charge is 0.0584 e. The van der Waals surface area contributed by atoms with Crippen molar-refractivity contribution in [3.63, 3.8) is 0 Å². The van der Waals surface area contributed by atoms with Crippen molar-refractivity contribution in [3.8, 4) is 0 Å². The minimum atomic E-state index is 0.110. The lowest BCUT2D eigenvalue weighted by Gasteiger charge is -2.27. The maximum atomic E-state index is 9.41. The lowest BCUT2D eigenvalue weighted by Crippen LogP contribution is -2.34. The number of thiophene rings is 1. The molecule has 0 aliphatic heterocycles. The Morgan fingerprint density at radius 2 is 1.95 bits per heavy atom. The van der Waals surface area contributed by atoms with Crippen molar-refractivity contribution >= 4 is 22.9 Å². The molecule has 2 nitrogen and oxygen atoms in total. The van der Waals surface area contributed by atoms with E-state index in [2.05, 4.69) is 17.0 Å². The largest absolute Gasteiger partial charge is 0.395 e. The highest BCUT2D eigenvalue weighted by Gasteiger charge is 2.16. The van der Waals surface area contributed by atoms with Crippen molar-refractivity contribution in [2.24, 2.45) is 0 Å². The van der Waals surface area contributed by atoms with Gasteiger partial charge in [0.25, 0.3) is 0 Å². The molecule has 2 rings (SSSR count). The van der Waals surface area contributed by atoms with Gasteiger partial charge >= 0.3 is 0 Å². The van der Waals surface area contributed by atoms with Crippen molar-refractivity contribution in [1.82, 2.24) is 4.90 Å². The fraction of sp³-hybridized carbons (Fsp3) is 0.333. The normalized spacial score (nSPS) is 12.8. The van der Waals surface area contributed by atoms with Gasteiger partial charge in [0.05, 0.1) is 11.6 Å². The third-order valence-corrected chi connectivity index (χ3v) is 4.53. The van der Waals surface area contributed by atoms with Gasteiger partial charge in [0.2, 0.25) is 0 Å². The topological polar surface area (TPSA) is 23.5 Å². The van der Waals surface area contributed by atoms with Gasteiger partial charge < -0.3 is 5.11 Å². The minimum Gasteiger partial charge on any atom is -0.395 e. The molecule has 1 atom stereocenters. The van der Waals surface area contributed by atoms with Crippen LogP contribution in [0.3, 0.4) is 0 Å². The number of rotatable bonds is 6. The predicted molar refractivity (Wildman–Crippen MR) is 81.6 cm³/mol. The summed E-state index contributed by atoms with van der Waals surface area (Å²) < 4.78 is 0. The number of benzene rings is 1. The van der Waals surface area contributed by atoms with Gasteiger partial charge in [-0.3, -0.25) is 4.90 Å². The van der Waals surface area contributed by atoms with E-state index in [-0.39, 0.29) is 12.6 Å². The van der Waals surface area contributed by atoms with Crippen LogP contribution in [-0.4, -0.2) is 22.7 Å². The van der Waals surface area contributed by atoms with Gasteiger partial charge in [0.1, 0.15) is 0 Å². The first-order valence-corrected chi connectivity index (χ1v) is 7.57. The zero-order valence-electron chi connectivity index (χ0n) is 10.9. The van der Waals surface area contributed by atoms with E-state index >= 15 is 0 Å². The van der Waals surface area contributed by atoms with Crippen LogP contribution in [0.15, 0.2) is 41.8 Å². The van der Waals surface area contributed by atoms with Gasteiger partial charge in [-0.1, -0.05) is 41.9 Å². The number of aliphatic hydroxyl groups excluding tert-OH is 1. The second kappa shape index (κ2) is 7.06. The van der Waals surface area contributed by atoms with Crippen LogP contribution >= 0.6 is 22.9 Å². The molecule has 1 aromatic heterocycles. The Hall–Kier alpha value is -0.870. The molecular formula is C15H18ClNOS. The molecule has 0 spiro atoms. The second-order valence-electron chi connectivity index (χ2n) is 4.61. The van der Waals surface area contributed by atoms with Crippen LogP contribution in [0.1, 0.15) is 17.4 Å². The summed E-state index contributed by atoms with van der Waals surface area (Å²) in [4.78, 5) is 3.39. The molecule has 4 heteroatoms. The molecule has 0 saturated heterocycles. The molecule has 0 saturated carbocycles. The maximum Gasteiger partial charge on any atom is 0.0584 e. The quantitative estimate of drug-likeness (QED) is 0.876. The highest BCUT2D eigenvalue weighted by Crippen LogP contribution is 2.25. The summed E-state index contributed by atoms with van der Waals surface area (Å²) in [5.41, 5.74) is 1.25. The lowest BCUT2D eigenvalue weighted by molar-refractivity contribution is 0.122. The number of hydrogen-bond donors (Lipinski definition) is 1. The first-order chi connectivity index (χ1) is 9.20. The summed E-state index contributed by atoms with van der Waals surface area (Å²) in [6.07, 6.45) is 0. The first kappa shape index (κ1) is 14.5. The molecule has 1 N–H and O–H groups in total. The van der Waals surface area contributed by atoms with E-state index in [9.17, 15) is 5.11 Å². The Balaban J connectivity index is 2.10. The summed E-state index contributed by atoms with van der Waals surface area (Å²) in [6, 6.07) is 12.3. The van der Waals surface area contributed by atoms with Crippen LogP contribution in [0.25, 0.3) is 0 Å². The van der Waals surface area contributed by atoms with E-state index in [4.69, 9.17) is 11.6 Å². The van der Waals surface area contributed by atoms with Crippen LogP contribution in [0.5, 0.6) is 0 Å². The monoisotopic (exact) mass is 295 g/mol. The molecule has 0 aliphatic rings. The zero-order chi connectivity index (χ0) is 13.7. The molecule has 0 bridgehead atoms. The summed E-state index contributed by atoms with van der Waals surface area (Å²) in [7, 11) is 0. The summed E-state index contributed by atoms with van der Waals surface area (Å²) in [5.74, 6) is 0. The van der Waals surface area contributed by atoms with Gasteiger partial charge in [-0.25, -0.2) is 0 Å². The molecule has 0 unspecified atom stereocenters. The average Bonchev–Trinajstić information content (AvgIpc) is 2.84. The van der Waals surface area contributed by atoms with Crippen molar-refractivity contribution < 1.29 is 5.11 Å². The van der Waals surface area contributed by atoms with Gasteiger partial charge in [-0.2, -0.15) is 0 Å². The average molecular weight is 296 g/mol. The summed E-state index contributed by atoms with van der Waals surface area (Å²) in [5, 5.41) is 12.2. The van der Waals surface area contributed by atoms with Crippen molar-refractivity contribution in [3.05, 3.63) is 57.2 Å². The first-order valence-electron chi connectivity index (χ1n) is 6.31. The molecule has 1 aromatic carbocycles. The molecule has 2 aromatic rings. The van der Waals surface area contributed by atoms with Gasteiger partial charge in [-0.15, -0.1) is 11.3 Å². The van der Waals surface area contributed by atoms with Crippen molar-refractivity contribution in [1.29, 1.82) is 0 Å². The Morgan fingerprint density at radius 1 is 1.21 bits per heavy atom. The molecule has 0 aliphatic carbocycles. The van der Waals surface area contributed by atoms with Crippen molar-refractivity contribution in [2.45, 2.75) is 26.1 Å². The Bertz CT molecular complexity index is 500. The molecule has 19 heavy (non-hydrogen) atoms. The lowest BCUT2D eigenvalue weighted by atomic mass is 10.2. The highest BCUT2D eigenvalue weighted by atomic mass is 35.5. The van der Waals surface area contributed by atoms with E-state index < -0.39 is 0 Å². The van der Waals surface area contributed by atoms with Gasteiger partial charge in [0.15, 0.2) is 0 Å². The molecule has 1 heterocycles. The molecule has 0 radical (unpaired) electrons. The Morgan fingerprint density at radius 3 is 2.53 bits per heavy atom. The number of halogens is 1. The number of aliphatic hydroxyl groups is 1. The van der Waals surface area contributed by atoms with E-state index in [0.717, 1.165) is 23.0 Å². The maximum absolute atomic E-state index is 9.41. The van der Waals surface area contributed by atoms with Crippen LogP contribution in [-0.2, 0) is 13.1 Å². The van der Waals surface area contributed by atoms with E-state index in [1.54, 1.807) is 11.3 Å². The number of hydrogen-bond acceptors (Lipinski definition) is 3. The van der Waals surface area contributed by atoms with Crippen LogP contribution < -0.4 is 0 Å². The third-order valence-electron chi connectivity index (χ3n) is 3.15. The molecule has 0 amide bonds. The van der Waals surface area contributed by atoms with E-state index in [1.165, 1.54) is 5.56 Å². The van der Waals surface area contributed by atoms with Crippen LogP contribution in [0.4, 0.5) is 0 Å². The SMILES string of the molecule is C[C@@H](CO)N(Cc1ccccc1)Cc1sccc1Cl. The van der Waals surface area contributed by atoms with E-state index in [0.29, 0.717) is 0 Å². The fourth-order valence-corrected chi connectivity index (χ4v) is 3.04. The molecule has 102 valence electrons. The minimum absolute atomic E-state index is 0.110. The highest BCUT2D eigenvalue weighted by molar-refractivity contribution is 7.10. The van der Waals surface area contributed by atoms with Crippen LogP contribution in [0.2, 0.25) is 5.02 Å². The standard InChI is InChI=1S/C15H18ClNOS/c1-12(11-18)17(9-13-5-3-2-4-6-13)10-15-14(16)7-8-19-15/h2-8,12,18H,9-11H2,1H3/t12-/m0/s1. The number of nitrogens with zero attached hydrogens (tertiary/aromatic N) is 1.